The van der Waals surface area contributed by atoms with E-state index in [4.69, 9.17) is 0 Å². The van der Waals surface area contributed by atoms with Crippen molar-refractivity contribution in [2.75, 3.05) is 5.32 Å². The average molecular weight is 236 g/mol. The Kier molecular flexibility index (Phi) is 2.77. The molecule has 0 bridgehead atoms. The summed E-state index contributed by atoms with van der Waals surface area (Å²) in [5, 5.41) is 12.8. The minimum absolute atomic E-state index is 0.0767. The highest BCUT2D eigenvalue weighted by Gasteiger charge is 2.05. The van der Waals surface area contributed by atoms with Crippen LogP contribution in [0.4, 0.5) is 5.82 Å². The van der Waals surface area contributed by atoms with Gasteiger partial charge < -0.3 is 5.32 Å². The molecule has 17 heavy (non-hydrogen) atoms. The minimum atomic E-state index is -0.627. The van der Waals surface area contributed by atoms with Crippen LogP contribution < -0.4 is 16.6 Å². The molecule has 0 unspecified atom stereocenters. The van der Waals surface area contributed by atoms with Crippen LogP contribution in [0.15, 0.2) is 15.8 Å². The van der Waals surface area contributed by atoms with Crippen molar-refractivity contribution in [3.8, 4) is 0 Å². The number of nitrogens with one attached hydrogen (secondary N) is 3. The molecule has 0 amide bonds. The molecule has 8 heteroatoms. The number of nitrogens with zero attached hydrogens (tertiary/aromatic N) is 3. The van der Waals surface area contributed by atoms with Gasteiger partial charge >= 0.3 is 5.69 Å². The first-order valence-electron chi connectivity index (χ1n) is 4.98. The number of H-pyrrole nitrogens is 2. The van der Waals surface area contributed by atoms with E-state index in [1.54, 1.807) is 4.68 Å². The molecule has 2 heterocycles. The lowest BCUT2D eigenvalue weighted by Gasteiger charge is -2.01. The molecule has 0 aromatic carbocycles. The number of hydrogen-bond acceptors (Lipinski definition) is 5. The van der Waals surface area contributed by atoms with Crippen molar-refractivity contribution >= 4 is 5.82 Å². The first kappa shape index (κ1) is 11.1. The summed E-state index contributed by atoms with van der Waals surface area (Å²) in [7, 11) is 1.82. The van der Waals surface area contributed by atoms with Gasteiger partial charge in [0.15, 0.2) is 0 Å². The second-order valence-electron chi connectivity index (χ2n) is 3.62. The van der Waals surface area contributed by atoms with E-state index < -0.39 is 11.2 Å². The van der Waals surface area contributed by atoms with Gasteiger partial charge in [0.25, 0.3) is 5.56 Å². The van der Waals surface area contributed by atoms with E-state index in [-0.39, 0.29) is 5.82 Å². The third-order valence-corrected chi connectivity index (χ3v) is 2.27. The molecule has 8 nitrogen and oxygen atoms in total. The van der Waals surface area contributed by atoms with Gasteiger partial charge in [-0.3, -0.25) is 14.5 Å². The zero-order chi connectivity index (χ0) is 12.4. The van der Waals surface area contributed by atoms with E-state index in [0.717, 1.165) is 11.3 Å². The molecule has 0 saturated carbocycles. The molecule has 2 aromatic rings. The van der Waals surface area contributed by atoms with Gasteiger partial charge in [0.05, 0.1) is 5.69 Å². The molecule has 0 radical (unpaired) electrons. The lowest BCUT2D eigenvalue weighted by Crippen LogP contribution is -2.26. The third kappa shape index (κ3) is 2.41. The Morgan fingerprint density at radius 3 is 2.82 bits per heavy atom. The maximum Gasteiger partial charge on any atom is 0.342 e. The van der Waals surface area contributed by atoms with Crippen LogP contribution in [-0.4, -0.2) is 25.0 Å². The highest BCUT2D eigenvalue weighted by atomic mass is 16.2. The monoisotopic (exact) mass is 236 g/mol. The molecule has 0 fully saturated rings. The smallest absolute Gasteiger partial charge is 0.342 e. The van der Waals surface area contributed by atoms with Crippen LogP contribution in [0.5, 0.6) is 0 Å². The van der Waals surface area contributed by atoms with Crippen LogP contribution >= 0.6 is 0 Å². The Labute approximate surface area is 95.7 Å². The molecule has 0 aliphatic rings. The van der Waals surface area contributed by atoms with E-state index in [1.165, 1.54) is 0 Å². The molecule has 3 N–H and O–H groups in total. The second-order valence-corrected chi connectivity index (χ2v) is 3.62. The molecule has 2 aromatic heterocycles. The van der Waals surface area contributed by atoms with Crippen molar-refractivity contribution in [1.82, 2.24) is 25.0 Å². The predicted molar refractivity (Wildman–Crippen MR) is 60.8 cm³/mol. The summed E-state index contributed by atoms with van der Waals surface area (Å²) in [5.74, 6) is 0.0767. The first-order chi connectivity index (χ1) is 8.06. The summed E-state index contributed by atoms with van der Waals surface area (Å²) in [6, 6.07) is 0. The van der Waals surface area contributed by atoms with Gasteiger partial charge in [-0.05, 0) is 6.92 Å². The number of anilines is 1. The number of aromatic amines is 2. The van der Waals surface area contributed by atoms with Gasteiger partial charge in [-0.15, -0.1) is 5.10 Å². The van der Waals surface area contributed by atoms with Crippen molar-refractivity contribution in [1.29, 1.82) is 0 Å². The normalized spacial score (nSPS) is 10.5. The summed E-state index contributed by atoms with van der Waals surface area (Å²) < 4.78 is 1.69. The van der Waals surface area contributed by atoms with Crippen LogP contribution in [0.3, 0.4) is 0 Å². The van der Waals surface area contributed by atoms with Crippen LogP contribution in [0.2, 0.25) is 0 Å². The summed E-state index contributed by atoms with van der Waals surface area (Å²) in [5.41, 5.74) is 0.661. The molecular weight excluding hydrogens is 224 g/mol. The lowest BCUT2D eigenvalue weighted by molar-refractivity contribution is 0.756. The van der Waals surface area contributed by atoms with Crippen LogP contribution in [0, 0.1) is 6.92 Å². The fourth-order valence-corrected chi connectivity index (χ4v) is 1.47. The number of aromatic nitrogens is 5. The number of aryl methyl sites for hydroxylation is 2. The van der Waals surface area contributed by atoms with Gasteiger partial charge in [-0.1, -0.05) is 0 Å². The van der Waals surface area contributed by atoms with Gasteiger partial charge in [-0.25, -0.2) is 9.89 Å². The standard InChI is InChI=1S/C9H12N6O2/c1-5-6(4-15(2)14-5)3-10-7-8(16)11-9(17)13-12-7/h4H,3H2,1-2H3,(H,10,12)(H2,11,13,16,17). The first-order valence-corrected chi connectivity index (χ1v) is 4.98. The zero-order valence-electron chi connectivity index (χ0n) is 9.44. The van der Waals surface area contributed by atoms with E-state index in [2.05, 4.69) is 25.6 Å². The van der Waals surface area contributed by atoms with Gasteiger partial charge in [0, 0.05) is 25.4 Å². The molecule has 0 spiro atoms. The predicted octanol–water partition coefficient (Wildman–Crippen LogP) is -0.888. The van der Waals surface area contributed by atoms with Crippen molar-refractivity contribution in [2.24, 2.45) is 7.05 Å². The average Bonchev–Trinajstić information content (AvgIpc) is 2.56. The molecule has 0 saturated heterocycles. The fourth-order valence-electron chi connectivity index (χ4n) is 1.47. The third-order valence-electron chi connectivity index (χ3n) is 2.27. The zero-order valence-corrected chi connectivity index (χ0v) is 9.44. The molecule has 2 rings (SSSR count). The second kappa shape index (κ2) is 4.24. The highest BCUT2D eigenvalue weighted by Crippen LogP contribution is 2.05. The molecule has 0 aliphatic heterocycles. The SMILES string of the molecule is Cc1nn(C)cc1CNc1n[nH]c(=O)[nH]c1=O. The summed E-state index contributed by atoms with van der Waals surface area (Å²) in [6.07, 6.45) is 1.85. The van der Waals surface area contributed by atoms with E-state index in [1.807, 2.05) is 20.2 Å². The maximum atomic E-state index is 11.3. The van der Waals surface area contributed by atoms with Crippen LogP contribution in [0.25, 0.3) is 0 Å². The topological polar surface area (TPSA) is 108 Å². The summed E-state index contributed by atoms with van der Waals surface area (Å²) in [4.78, 5) is 24.2. The minimum Gasteiger partial charge on any atom is -0.360 e. The molecular formula is C9H12N6O2. The lowest BCUT2D eigenvalue weighted by atomic mass is 10.2. The number of hydrogen-bond donors (Lipinski definition) is 3. The Balaban J connectivity index is 2.15. The Morgan fingerprint density at radius 2 is 2.24 bits per heavy atom. The molecule has 0 atom stereocenters. The van der Waals surface area contributed by atoms with Crippen molar-refractivity contribution < 1.29 is 0 Å². The van der Waals surface area contributed by atoms with Crippen molar-refractivity contribution in [3.05, 3.63) is 38.3 Å². The Morgan fingerprint density at radius 1 is 1.47 bits per heavy atom. The van der Waals surface area contributed by atoms with Crippen LogP contribution in [0.1, 0.15) is 11.3 Å². The van der Waals surface area contributed by atoms with Gasteiger partial charge in [-0.2, -0.15) is 5.10 Å². The molecule has 90 valence electrons. The number of rotatable bonds is 3. The van der Waals surface area contributed by atoms with E-state index >= 15 is 0 Å². The summed E-state index contributed by atoms with van der Waals surface area (Å²) in [6.45, 7) is 2.29. The molecule has 0 aliphatic carbocycles. The summed E-state index contributed by atoms with van der Waals surface area (Å²) >= 11 is 0. The van der Waals surface area contributed by atoms with E-state index in [0.29, 0.717) is 6.54 Å². The van der Waals surface area contributed by atoms with Gasteiger partial charge in [0.1, 0.15) is 0 Å². The Hall–Kier alpha value is -2.38. The van der Waals surface area contributed by atoms with Gasteiger partial charge in [0.2, 0.25) is 5.82 Å². The largest absolute Gasteiger partial charge is 0.360 e. The fraction of sp³-hybridized carbons (Fsp3) is 0.333. The van der Waals surface area contributed by atoms with Crippen LogP contribution in [-0.2, 0) is 13.6 Å². The highest BCUT2D eigenvalue weighted by molar-refractivity contribution is 5.31. The Bertz CT molecular complexity index is 637. The van der Waals surface area contributed by atoms with Crippen molar-refractivity contribution in [3.63, 3.8) is 0 Å². The van der Waals surface area contributed by atoms with Crippen molar-refractivity contribution in [2.45, 2.75) is 13.5 Å². The van der Waals surface area contributed by atoms with E-state index in [9.17, 15) is 9.59 Å². The maximum absolute atomic E-state index is 11.3. The quantitative estimate of drug-likeness (QED) is 0.640.